The number of cyclic esters (lactones) is 1. The minimum absolute atomic E-state index is 0.248. The van der Waals surface area contributed by atoms with Gasteiger partial charge in [0.05, 0.1) is 12.1 Å². The average molecular weight is 324 g/mol. The van der Waals surface area contributed by atoms with Crippen LogP contribution < -0.4 is 5.32 Å². The number of hydrogen-bond acceptors (Lipinski definition) is 4. The van der Waals surface area contributed by atoms with Crippen molar-refractivity contribution in [2.75, 3.05) is 26.2 Å². The van der Waals surface area contributed by atoms with Crippen molar-refractivity contribution in [1.29, 1.82) is 0 Å². The fourth-order valence-electron chi connectivity index (χ4n) is 3.26. The zero-order valence-corrected chi connectivity index (χ0v) is 12.8. The Morgan fingerprint density at radius 2 is 1.87 bits per heavy atom. The molecule has 0 radical (unpaired) electrons. The van der Waals surface area contributed by atoms with Crippen LogP contribution in [0.15, 0.2) is 24.3 Å². The van der Waals surface area contributed by atoms with Crippen LogP contribution in [0.25, 0.3) is 0 Å². The van der Waals surface area contributed by atoms with Crippen molar-refractivity contribution in [2.45, 2.75) is 24.8 Å². The molecule has 2 saturated heterocycles. The smallest absolute Gasteiger partial charge is 0.410 e. The molecule has 1 aromatic carbocycles. The number of rotatable bonds is 2. The van der Waals surface area contributed by atoms with Crippen molar-refractivity contribution < 1.29 is 23.8 Å². The number of nitrogens with one attached hydrogen (secondary N) is 1. The van der Waals surface area contributed by atoms with Gasteiger partial charge in [-0.05, 0) is 50.0 Å². The first-order chi connectivity index (χ1) is 11.1. The lowest BCUT2D eigenvalue weighted by Gasteiger charge is -2.47. The van der Waals surface area contributed by atoms with Crippen molar-refractivity contribution >= 4 is 12.6 Å². The third kappa shape index (κ3) is 3.79. The number of carbonyl (C=O) groups excluding carboxylic acids is 1. The number of hydrogen-bond donors (Lipinski definition) is 2. The van der Waals surface area contributed by atoms with E-state index in [2.05, 4.69) is 5.32 Å². The van der Waals surface area contributed by atoms with E-state index in [-0.39, 0.29) is 23.9 Å². The minimum atomic E-state index is -0.365. The maximum Gasteiger partial charge on any atom is 0.410 e. The normalized spacial score (nSPS) is 20.0. The Labute approximate surface area is 134 Å². The number of amides is 1. The summed E-state index contributed by atoms with van der Waals surface area (Å²) in [6.45, 7) is 2.64. The Kier molecular flexibility index (Phi) is 5.92. The molecule has 1 aromatic rings. The zero-order chi connectivity index (χ0) is 16.7. The number of piperidine rings is 1. The SMILES string of the molecule is O=C1OCCCN1C1(c2ccc(F)cc2)CCNCC1.O=CO. The quantitative estimate of drug-likeness (QED) is 0.813. The van der Waals surface area contributed by atoms with Crippen molar-refractivity contribution in [3.8, 4) is 0 Å². The fourth-order valence-corrected chi connectivity index (χ4v) is 3.26. The summed E-state index contributed by atoms with van der Waals surface area (Å²) in [4.78, 5) is 22.3. The largest absolute Gasteiger partial charge is 0.483 e. The third-order valence-electron chi connectivity index (χ3n) is 4.30. The minimum Gasteiger partial charge on any atom is -0.483 e. The number of halogens is 1. The van der Waals surface area contributed by atoms with Gasteiger partial charge in [0.25, 0.3) is 6.47 Å². The highest BCUT2D eigenvalue weighted by Crippen LogP contribution is 2.38. The van der Waals surface area contributed by atoms with Gasteiger partial charge >= 0.3 is 6.09 Å². The van der Waals surface area contributed by atoms with Gasteiger partial charge in [0.2, 0.25) is 0 Å². The zero-order valence-electron chi connectivity index (χ0n) is 12.8. The first-order valence-corrected chi connectivity index (χ1v) is 7.63. The van der Waals surface area contributed by atoms with Gasteiger partial charge in [-0.25, -0.2) is 9.18 Å². The number of ether oxygens (including phenoxy) is 1. The summed E-state index contributed by atoms with van der Waals surface area (Å²) in [5.41, 5.74) is 0.635. The summed E-state index contributed by atoms with van der Waals surface area (Å²) in [6, 6.07) is 6.52. The third-order valence-corrected chi connectivity index (χ3v) is 4.30. The van der Waals surface area contributed by atoms with E-state index in [0.717, 1.165) is 37.9 Å². The van der Waals surface area contributed by atoms with Gasteiger partial charge in [-0.15, -0.1) is 0 Å². The number of benzene rings is 1. The molecule has 2 aliphatic heterocycles. The van der Waals surface area contributed by atoms with E-state index in [0.29, 0.717) is 13.2 Å². The molecule has 2 heterocycles. The molecule has 23 heavy (non-hydrogen) atoms. The van der Waals surface area contributed by atoms with Crippen molar-refractivity contribution in [3.05, 3.63) is 35.6 Å². The molecule has 6 nitrogen and oxygen atoms in total. The molecule has 0 spiro atoms. The molecule has 126 valence electrons. The highest BCUT2D eigenvalue weighted by atomic mass is 19.1. The maximum absolute atomic E-state index is 13.2. The second kappa shape index (κ2) is 7.92. The topological polar surface area (TPSA) is 78.9 Å². The summed E-state index contributed by atoms with van der Waals surface area (Å²) in [7, 11) is 0. The summed E-state index contributed by atoms with van der Waals surface area (Å²) in [6.07, 6.45) is 2.26. The molecule has 2 N–H and O–H groups in total. The van der Waals surface area contributed by atoms with E-state index < -0.39 is 0 Å². The molecular formula is C16H21FN2O4. The highest BCUT2D eigenvalue weighted by molar-refractivity contribution is 5.70. The van der Waals surface area contributed by atoms with Crippen LogP contribution in [0.2, 0.25) is 0 Å². The summed E-state index contributed by atoms with van der Waals surface area (Å²) in [5.74, 6) is -0.251. The predicted molar refractivity (Wildman–Crippen MR) is 81.5 cm³/mol. The van der Waals surface area contributed by atoms with Crippen LogP contribution in [0.1, 0.15) is 24.8 Å². The molecule has 0 unspecified atom stereocenters. The lowest BCUT2D eigenvalue weighted by atomic mass is 9.79. The standard InChI is InChI=1S/C15H19FN2O2.CH2O2/c16-13-4-2-12(3-5-13)15(6-8-17-9-7-15)18-10-1-11-20-14(18)19;2-1-3/h2-5,17H,1,6-11H2;1H,(H,2,3). The van der Waals surface area contributed by atoms with E-state index in [1.807, 2.05) is 4.90 Å². The molecule has 2 fully saturated rings. The average Bonchev–Trinajstić information content (AvgIpc) is 2.57. The van der Waals surface area contributed by atoms with Crippen molar-refractivity contribution in [2.24, 2.45) is 0 Å². The van der Waals surface area contributed by atoms with Crippen molar-refractivity contribution in [1.82, 2.24) is 10.2 Å². The van der Waals surface area contributed by atoms with Crippen LogP contribution in [-0.4, -0.2) is 48.8 Å². The molecule has 0 saturated carbocycles. The van der Waals surface area contributed by atoms with E-state index >= 15 is 0 Å². The summed E-state index contributed by atoms with van der Waals surface area (Å²) in [5, 5.41) is 10.2. The first-order valence-electron chi connectivity index (χ1n) is 7.63. The van der Waals surface area contributed by atoms with Crippen LogP contribution in [-0.2, 0) is 15.1 Å². The first kappa shape index (κ1) is 17.2. The molecule has 0 aliphatic carbocycles. The van der Waals surface area contributed by atoms with Crippen LogP contribution in [0, 0.1) is 5.82 Å². The van der Waals surface area contributed by atoms with E-state index in [9.17, 15) is 9.18 Å². The molecule has 0 bridgehead atoms. The van der Waals surface area contributed by atoms with Crippen molar-refractivity contribution in [3.63, 3.8) is 0 Å². The second-order valence-corrected chi connectivity index (χ2v) is 5.51. The molecule has 0 atom stereocenters. The number of nitrogens with zero attached hydrogens (tertiary/aromatic N) is 1. The molecule has 3 rings (SSSR count). The lowest BCUT2D eigenvalue weighted by molar-refractivity contribution is -0.122. The van der Waals surface area contributed by atoms with Gasteiger partial charge < -0.3 is 15.2 Å². The predicted octanol–water partition coefficient (Wildman–Crippen LogP) is 1.95. The monoisotopic (exact) mass is 324 g/mol. The van der Waals surface area contributed by atoms with E-state index in [4.69, 9.17) is 14.6 Å². The molecule has 1 amide bonds. The van der Waals surface area contributed by atoms with Gasteiger partial charge in [-0.3, -0.25) is 9.69 Å². The van der Waals surface area contributed by atoms with Gasteiger partial charge in [0.1, 0.15) is 5.82 Å². The van der Waals surface area contributed by atoms with Crippen LogP contribution in [0.3, 0.4) is 0 Å². The summed E-state index contributed by atoms with van der Waals surface area (Å²) >= 11 is 0. The maximum atomic E-state index is 13.2. The second-order valence-electron chi connectivity index (χ2n) is 5.51. The van der Waals surface area contributed by atoms with Crippen LogP contribution in [0.4, 0.5) is 9.18 Å². The molecular weight excluding hydrogens is 303 g/mol. The Bertz CT molecular complexity index is 529. The molecule has 2 aliphatic rings. The Morgan fingerprint density at radius 1 is 1.26 bits per heavy atom. The lowest BCUT2D eigenvalue weighted by Crippen LogP contribution is -2.56. The Balaban J connectivity index is 0.000000595. The molecule has 0 aromatic heterocycles. The highest BCUT2D eigenvalue weighted by Gasteiger charge is 2.43. The summed E-state index contributed by atoms with van der Waals surface area (Å²) < 4.78 is 18.4. The Hall–Kier alpha value is -2.15. The van der Waals surface area contributed by atoms with E-state index in [1.165, 1.54) is 12.1 Å². The van der Waals surface area contributed by atoms with Gasteiger partial charge in [0, 0.05) is 6.54 Å². The number of carboxylic acid groups (broad SMARTS) is 1. The van der Waals surface area contributed by atoms with Crippen LogP contribution >= 0.6 is 0 Å². The van der Waals surface area contributed by atoms with Gasteiger partial charge in [-0.1, -0.05) is 12.1 Å². The fraction of sp³-hybridized carbons (Fsp3) is 0.500. The van der Waals surface area contributed by atoms with Gasteiger partial charge in [0.15, 0.2) is 0 Å². The van der Waals surface area contributed by atoms with E-state index in [1.54, 1.807) is 12.1 Å². The Morgan fingerprint density at radius 3 is 2.43 bits per heavy atom. The van der Waals surface area contributed by atoms with Gasteiger partial charge in [-0.2, -0.15) is 0 Å². The molecule has 7 heteroatoms. The number of carbonyl (C=O) groups is 2. The van der Waals surface area contributed by atoms with Crippen LogP contribution in [0.5, 0.6) is 0 Å².